The molecule has 1 unspecified atom stereocenters. The van der Waals surface area contributed by atoms with Gasteiger partial charge in [0.15, 0.2) is 6.10 Å². The predicted molar refractivity (Wildman–Crippen MR) is 123 cm³/mol. The van der Waals surface area contributed by atoms with Gasteiger partial charge in [0.05, 0.1) is 5.41 Å². The number of carboxylic acid groups (broad SMARTS) is 1. The minimum atomic E-state index is -1.08. The van der Waals surface area contributed by atoms with E-state index in [1.807, 2.05) is 36.4 Å². The van der Waals surface area contributed by atoms with Crippen molar-refractivity contribution < 1.29 is 29.0 Å². The summed E-state index contributed by atoms with van der Waals surface area (Å²) in [6.45, 7) is 3.80. The third kappa shape index (κ3) is 5.70. The van der Waals surface area contributed by atoms with E-state index >= 15 is 0 Å². The van der Waals surface area contributed by atoms with E-state index in [4.69, 9.17) is 14.6 Å². The standard InChI is InChI=1S/C25H30N2O6/c1-25(2,23(30)26-13-12-21(32-3)22(28)29)15-27-24(31)33-14-20-18-10-6-4-8-16(18)17-9-5-7-11-19(17)20/h4-11,20-21H,12-15H2,1-3H3,(H,26,30)(H,27,31)(H,28,29). The van der Waals surface area contributed by atoms with Crippen LogP contribution in [0.15, 0.2) is 48.5 Å². The summed E-state index contributed by atoms with van der Waals surface area (Å²) in [6, 6.07) is 16.2. The number of rotatable bonds is 10. The van der Waals surface area contributed by atoms with Gasteiger partial charge in [-0.15, -0.1) is 0 Å². The van der Waals surface area contributed by atoms with E-state index in [9.17, 15) is 14.4 Å². The summed E-state index contributed by atoms with van der Waals surface area (Å²) in [4.78, 5) is 35.8. The molecule has 0 bridgehead atoms. The highest BCUT2D eigenvalue weighted by Gasteiger charge is 2.31. The van der Waals surface area contributed by atoms with Gasteiger partial charge in [0.1, 0.15) is 6.61 Å². The van der Waals surface area contributed by atoms with E-state index in [2.05, 4.69) is 22.8 Å². The third-order valence-corrected chi connectivity index (χ3v) is 5.89. The van der Waals surface area contributed by atoms with Crippen molar-refractivity contribution in [2.24, 2.45) is 5.41 Å². The van der Waals surface area contributed by atoms with Crippen LogP contribution in [-0.4, -0.2) is 56.0 Å². The molecule has 0 aliphatic heterocycles. The molecule has 2 aromatic carbocycles. The molecule has 0 heterocycles. The molecule has 8 nitrogen and oxygen atoms in total. The Morgan fingerprint density at radius 2 is 1.58 bits per heavy atom. The number of hydrogen-bond donors (Lipinski definition) is 3. The van der Waals surface area contributed by atoms with E-state index < -0.39 is 23.6 Å². The number of aliphatic carboxylic acids is 1. The molecule has 2 aromatic rings. The SMILES string of the molecule is COC(CCNC(=O)C(C)(C)CNC(=O)OCC1c2ccccc2-c2ccccc21)C(=O)O. The van der Waals surface area contributed by atoms with Gasteiger partial charge in [-0.3, -0.25) is 4.79 Å². The summed E-state index contributed by atoms with van der Waals surface area (Å²) in [5, 5.41) is 14.3. The number of alkyl carbamates (subject to hydrolysis) is 1. The van der Waals surface area contributed by atoms with Crippen LogP contribution in [-0.2, 0) is 19.1 Å². The van der Waals surface area contributed by atoms with Crippen molar-refractivity contribution in [1.82, 2.24) is 10.6 Å². The zero-order valence-corrected chi connectivity index (χ0v) is 19.1. The Kier molecular flexibility index (Phi) is 7.71. The van der Waals surface area contributed by atoms with Crippen molar-refractivity contribution in [2.75, 3.05) is 26.8 Å². The fraction of sp³-hybridized carbons (Fsp3) is 0.400. The first kappa shape index (κ1) is 24.3. The first-order chi connectivity index (χ1) is 15.7. The average molecular weight is 455 g/mol. The van der Waals surface area contributed by atoms with Gasteiger partial charge in [0.2, 0.25) is 5.91 Å². The van der Waals surface area contributed by atoms with Crippen LogP contribution in [0, 0.1) is 5.41 Å². The van der Waals surface area contributed by atoms with Crippen LogP contribution in [0.5, 0.6) is 0 Å². The number of ether oxygens (including phenoxy) is 2. The summed E-state index contributed by atoms with van der Waals surface area (Å²) in [5.74, 6) is -1.42. The summed E-state index contributed by atoms with van der Waals surface area (Å²) in [6.07, 6.45) is -1.43. The second kappa shape index (κ2) is 10.5. The number of fused-ring (bicyclic) bond motifs is 3. The van der Waals surface area contributed by atoms with E-state index in [-0.39, 0.29) is 37.9 Å². The molecule has 0 fully saturated rings. The number of carbonyl (C=O) groups is 3. The van der Waals surface area contributed by atoms with Crippen molar-refractivity contribution in [3.8, 4) is 11.1 Å². The molecule has 33 heavy (non-hydrogen) atoms. The first-order valence-electron chi connectivity index (χ1n) is 10.9. The Balaban J connectivity index is 1.49. The lowest BCUT2D eigenvalue weighted by atomic mass is 9.92. The number of carbonyl (C=O) groups excluding carboxylic acids is 2. The molecule has 0 spiro atoms. The zero-order chi connectivity index (χ0) is 24.0. The lowest BCUT2D eigenvalue weighted by molar-refractivity contribution is -0.149. The maximum atomic E-state index is 12.5. The minimum Gasteiger partial charge on any atom is -0.479 e. The molecule has 1 aliphatic rings. The van der Waals surface area contributed by atoms with Crippen LogP contribution in [0.25, 0.3) is 11.1 Å². The highest BCUT2D eigenvalue weighted by molar-refractivity contribution is 5.83. The Morgan fingerprint density at radius 3 is 2.12 bits per heavy atom. The highest BCUT2D eigenvalue weighted by atomic mass is 16.5. The van der Waals surface area contributed by atoms with Crippen LogP contribution < -0.4 is 10.6 Å². The molecule has 176 valence electrons. The molecule has 1 atom stereocenters. The normalized spacial score (nSPS) is 13.5. The van der Waals surface area contributed by atoms with Crippen LogP contribution in [0.2, 0.25) is 0 Å². The van der Waals surface area contributed by atoms with Crippen molar-refractivity contribution in [1.29, 1.82) is 0 Å². The second-order valence-electron chi connectivity index (χ2n) is 8.67. The van der Waals surface area contributed by atoms with E-state index in [0.717, 1.165) is 22.3 Å². The number of benzene rings is 2. The van der Waals surface area contributed by atoms with Crippen LogP contribution in [0.4, 0.5) is 4.79 Å². The van der Waals surface area contributed by atoms with Gasteiger partial charge in [-0.05, 0) is 36.1 Å². The largest absolute Gasteiger partial charge is 0.479 e. The summed E-state index contributed by atoms with van der Waals surface area (Å²) in [7, 11) is 1.31. The fourth-order valence-corrected chi connectivity index (χ4v) is 3.92. The predicted octanol–water partition coefficient (Wildman–Crippen LogP) is 3.16. The minimum absolute atomic E-state index is 0.0394. The van der Waals surface area contributed by atoms with Crippen LogP contribution in [0.1, 0.15) is 37.3 Å². The Hall–Kier alpha value is -3.39. The van der Waals surface area contributed by atoms with Crippen LogP contribution in [0.3, 0.4) is 0 Å². The number of amides is 2. The molecular formula is C25H30N2O6. The van der Waals surface area contributed by atoms with Gasteiger partial charge in [0, 0.05) is 32.5 Å². The average Bonchev–Trinajstić information content (AvgIpc) is 3.12. The summed E-state index contributed by atoms with van der Waals surface area (Å²) in [5.41, 5.74) is 3.65. The van der Waals surface area contributed by atoms with E-state index in [1.165, 1.54) is 7.11 Å². The number of hydrogen-bond acceptors (Lipinski definition) is 5. The number of carboxylic acids is 1. The summed E-state index contributed by atoms with van der Waals surface area (Å²) >= 11 is 0. The molecule has 0 saturated heterocycles. The molecule has 3 N–H and O–H groups in total. The number of methoxy groups -OCH3 is 1. The van der Waals surface area contributed by atoms with Gasteiger partial charge >= 0.3 is 12.1 Å². The molecular weight excluding hydrogens is 424 g/mol. The topological polar surface area (TPSA) is 114 Å². The van der Waals surface area contributed by atoms with Crippen LogP contribution >= 0.6 is 0 Å². The molecule has 2 amide bonds. The lowest BCUT2D eigenvalue weighted by Crippen LogP contribution is -2.46. The first-order valence-corrected chi connectivity index (χ1v) is 10.9. The van der Waals surface area contributed by atoms with Crippen molar-refractivity contribution in [3.05, 3.63) is 59.7 Å². The van der Waals surface area contributed by atoms with Gasteiger partial charge in [-0.2, -0.15) is 0 Å². The van der Waals surface area contributed by atoms with Crippen molar-refractivity contribution in [3.63, 3.8) is 0 Å². The third-order valence-electron chi connectivity index (χ3n) is 5.89. The fourth-order valence-electron chi connectivity index (χ4n) is 3.92. The maximum Gasteiger partial charge on any atom is 0.407 e. The van der Waals surface area contributed by atoms with E-state index in [1.54, 1.807) is 13.8 Å². The van der Waals surface area contributed by atoms with Gasteiger partial charge in [0.25, 0.3) is 0 Å². The smallest absolute Gasteiger partial charge is 0.407 e. The second-order valence-corrected chi connectivity index (χ2v) is 8.67. The van der Waals surface area contributed by atoms with Gasteiger partial charge < -0.3 is 25.2 Å². The van der Waals surface area contributed by atoms with Gasteiger partial charge in [-0.25, -0.2) is 9.59 Å². The quantitative estimate of drug-likeness (QED) is 0.508. The Bertz CT molecular complexity index is 974. The van der Waals surface area contributed by atoms with E-state index in [0.29, 0.717) is 0 Å². The molecule has 3 rings (SSSR count). The molecule has 0 aromatic heterocycles. The Morgan fingerprint density at radius 1 is 1.00 bits per heavy atom. The summed E-state index contributed by atoms with van der Waals surface area (Å²) < 4.78 is 10.4. The monoisotopic (exact) mass is 454 g/mol. The lowest BCUT2D eigenvalue weighted by Gasteiger charge is -2.24. The van der Waals surface area contributed by atoms with Crippen molar-refractivity contribution >= 4 is 18.0 Å². The van der Waals surface area contributed by atoms with Gasteiger partial charge in [-0.1, -0.05) is 48.5 Å². The highest BCUT2D eigenvalue weighted by Crippen LogP contribution is 2.44. The molecule has 0 radical (unpaired) electrons. The molecule has 8 heteroatoms. The zero-order valence-electron chi connectivity index (χ0n) is 19.1. The molecule has 1 aliphatic carbocycles. The van der Waals surface area contributed by atoms with Crippen molar-refractivity contribution in [2.45, 2.75) is 32.3 Å². The number of nitrogens with one attached hydrogen (secondary N) is 2. The molecule has 0 saturated carbocycles. The Labute approximate surface area is 193 Å². The maximum absolute atomic E-state index is 12.5.